The summed E-state index contributed by atoms with van der Waals surface area (Å²) in [6.45, 7) is 7.44. The number of nitrogens with one attached hydrogen (secondary N) is 1. The Balaban J connectivity index is 1.79. The van der Waals surface area contributed by atoms with Crippen LogP contribution in [0.2, 0.25) is 0 Å². The molecule has 0 spiro atoms. The number of carbonyl (C=O) groups excluding carboxylic acids is 1. The van der Waals surface area contributed by atoms with E-state index in [2.05, 4.69) is 22.2 Å². The van der Waals surface area contributed by atoms with Crippen molar-refractivity contribution in [1.29, 1.82) is 0 Å². The highest BCUT2D eigenvalue weighted by Gasteiger charge is 2.18. The molecule has 2 rings (SSSR count). The number of hydrogen-bond donors (Lipinski definition) is 1. The van der Waals surface area contributed by atoms with Crippen molar-refractivity contribution in [3.63, 3.8) is 0 Å². The number of nitro benzene ring substituents is 1. The summed E-state index contributed by atoms with van der Waals surface area (Å²) in [5, 5.41) is 13.8. The summed E-state index contributed by atoms with van der Waals surface area (Å²) in [7, 11) is 2.12. The highest BCUT2D eigenvalue weighted by Crippen LogP contribution is 2.20. The Morgan fingerprint density at radius 3 is 2.65 bits per heavy atom. The van der Waals surface area contributed by atoms with E-state index in [1.165, 1.54) is 6.07 Å². The minimum absolute atomic E-state index is 0.0184. The lowest BCUT2D eigenvalue weighted by atomic mass is 10.1. The molecule has 0 saturated carbocycles. The Kier molecular flexibility index (Phi) is 6.06. The van der Waals surface area contributed by atoms with Gasteiger partial charge < -0.3 is 15.1 Å². The number of hydrogen-bond acceptors (Lipinski definition) is 5. The van der Waals surface area contributed by atoms with E-state index < -0.39 is 4.92 Å². The van der Waals surface area contributed by atoms with Gasteiger partial charge in [-0.25, -0.2) is 0 Å². The summed E-state index contributed by atoms with van der Waals surface area (Å²) in [6, 6.07) is 4.59. The molecule has 0 unspecified atom stereocenters. The molecule has 1 aliphatic rings. The van der Waals surface area contributed by atoms with Crippen LogP contribution in [-0.4, -0.2) is 66.9 Å². The van der Waals surface area contributed by atoms with Crippen LogP contribution in [0.5, 0.6) is 0 Å². The lowest BCUT2D eigenvalue weighted by molar-refractivity contribution is -0.385. The number of piperazine rings is 1. The zero-order chi connectivity index (χ0) is 16.8. The van der Waals surface area contributed by atoms with Crippen LogP contribution in [0, 0.1) is 17.0 Å². The Morgan fingerprint density at radius 2 is 2.00 bits per heavy atom. The van der Waals surface area contributed by atoms with Gasteiger partial charge in [-0.05, 0) is 33.0 Å². The maximum absolute atomic E-state index is 12.2. The van der Waals surface area contributed by atoms with E-state index in [4.69, 9.17) is 0 Å². The monoisotopic (exact) mass is 320 g/mol. The molecule has 1 N–H and O–H groups in total. The lowest BCUT2D eigenvalue weighted by Gasteiger charge is -2.32. The van der Waals surface area contributed by atoms with Crippen molar-refractivity contribution in [1.82, 2.24) is 15.1 Å². The van der Waals surface area contributed by atoms with Crippen molar-refractivity contribution in [2.24, 2.45) is 0 Å². The van der Waals surface area contributed by atoms with Gasteiger partial charge in [0.05, 0.1) is 4.92 Å². The molecule has 23 heavy (non-hydrogen) atoms. The zero-order valence-corrected chi connectivity index (χ0v) is 13.7. The molecule has 1 fully saturated rings. The zero-order valence-electron chi connectivity index (χ0n) is 13.7. The molecule has 1 aromatic rings. The van der Waals surface area contributed by atoms with Crippen molar-refractivity contribution < 1.29 is 9.72 Å². The fourth-order valence-electron chi connectivity index (χ4n) is 2.74. The average Bonchev–Trinajstić information content (AvgIpc) is 2.53. The first-order valence-corrected chi connectivity index (χ1v) is 7.92. The highest BCUT2D eigenvalue weighted by atomic mass is 16.6. The molecule has 0 atom stereocenters. The van der Waals surface area contributed by atoms with Crippen molar-refractivity contribution in [2.75, 3.05) is 46.3 Å². The summed E-state index contributed by atoms with van der Waals surface area (Å²) in [5.74, 6) is -0.246. The molecule has 1 amide bonds. The first kappa shape index (κ1) is 17.4. The van der Waals surface area contributed by atoms with Gasteiger partial charge in [0.25, 0.3) is 11.6 Å². The molecule has 1 saturated heterocycles. The third kappa shape index (κ3) is 4.74. The van der Waals surface area contributed by atoms with E-state index in [0.29, 0.717) is 17.7 Å². The van der Waals surface area contributed by atoms with E-state index in [-0.39, 0.29) is 11.6 Å². The second-order valence-corrected chi connectivity index (χ2v) is 5.96. The number of nitrogens with zero attached hydrogens (tertiary/aromatic N) is 3. The van der Waals surface area contributed by atoms with Gasteiger partial charge in [-0.2, -0.15) is 0 Å². The van der Waals surface area contributed by atoms with E-state index in [0.717, 1.165) is 39.1 Å². The van der Waals surface area contributed by atoms with Crippen LogP contribution in [0.15, 0.2) is 18.2 Å². The summed E-state index contributed by atoms with van der Waals surface area (Å²) in [5.41, 5.74) is 0.767. The average molecular weight is 320 g/mol. The van der Waals surface area contributed by atoms with Gasteiger partial charge in [-0.1, -0.05) is 6.07 Å². The molecule has 0 radical (unpaired) electrons. The molecule has 0 aliphatic carbocycles. The van der Waals surface area contributed by atoms with E-state index >= 15 is 0 Å². The molecule has 7 heteroatoms. The smallest absolute Gasteiger partial charge is 0.273 e. The molecule has 1 aromatic carbocycles. The van der Waals surface area contributed by atoms with Gasteiger partial charge in [-0.15, -0.1) is 0 Å². The van der Waals surface area contributed by atoms with Gasteiger partial charge in [0, 0.05) is 49.9 Å². The van der Waals surface area contributed by atoms with Crippen molar-refractivity contribution in [2.45, 2.75) is 13.3 Å². The first-order valence-electron chi connectivity index (χ1n) is 7.92. The molecule has 7 nitrogen and oxygen atoms in total. The van der Waals surface area contributed by atoms with E-state index in [1.54, 1.807) is 19.1 Å². The van der Waals surface area contributed by atoms with Gasteiger partial charge in [-0.3, -0.25) is 14.9 Å². The molecule has 1 aliphatic heterocycles. The second kappa shape index (κ2) is 8.03. The first-order chi connectivity index (χ1) is 11.0. The summed E-state index contributed by atoms with van der Waals surface area (Å²) >= 11 is 0. The molecular weight excluding hydrogens is 296 g/mol. The fourth-order valence-corrected chi connectivity index (χ4v) is 2.74. The largest absolute Gasteiger partial charge is 0.352 e. The maximum atomic E-state index is 12.2. The van der Waals surface area contributed by atoms with Gasteiger partial charge in [0.1, 0.15) is 0 Å². The van der Waals surface area contributed by atoms with Gasteiger partial charge in [0.15, 0.2) is 0 Å². The number of benzene rings is 1. The SMILES string of the molecule is Cc1c(C(=O)NCCCN2CCN(C)CC2)cccc1[N+](=O)[O-]. The van der Waals surface area contributed by atoms with Crippen molar-refractivity contribution in [3.05, 3.63) is 39.4 Å². The van der Waals surface area contributed by atoms with Crippen LogP contribution < -0.4 is 5.32 Å². The van der Waals surface area contributed by atoms with Crippen molar-refractivity contribution in [3.8, 4) is 0 Å². The summed E-state index contributed by atoms with van der Waals surface area (Å²) in [4.78, 5) is 27.3. The Hall–Kier alpha value is -1.99. The number of likely N-dealkylation sites (N-methyl/N-ethyl adjacent to an activating group) is 1. The topological polar surface area (TPSA) is 78.7 Å². The minimum atomic E-state index is -0.459. The number of carbonyl (C=O) groups is 1. The van der Waals surface area contributed by atoms with Crippen LogP contribution in [0.3, 0.4) is 0 Å². The summed E-state index contributed by atoms with van der Waals surface area (Å²) in [6.07, 6.45) is 0.878. The number of nitro groups is 1. The normalized spacial score (nSPS) is 16.3. The van der Waals surface area contributed by atoms with E-state index in [9.17, 15) is 14.9 Å². The summed E-state index contributed by atoms with van der Waals surface area (Å²) < 4.78 is 0. The van der Waals surface area contributed by atoms with Crippen LogP contribution >= 0.6 is 0 Å². The highest BCUT2D eigenvalue weighted by molar-refractivity contribution is 5.96. The Morgan fingerprint density at radius 1 is 1.30 bits per heavy atom. The molecule has 1 heterocycles. The lowest BCUT2D eigenvalue weighted by Crippen LogP contribution is -2.45. The molecular formula is C16H24N4O3. The standard InChI is InChI=1S/C16H24N4O3/c1-13-14(5-3-6-15(13)20(22)23)16(21)17-7-4-8-19-11-9-18(2)10-12-19/h3,5-6H,4,7-12H2,1-2H3,(H,17,21). The predicted molar refractivity (Wildman–Crippen MR) is 88.7 cm³/mol. The molecule has 0 aromatic heterocycles. The van der Waals surface area contributed by atoms with Crippen LogP contribution in [-0.2, 0) is 0 Å². The van der Waals surface area contributed by atoms with Crippen LogP contribution in [0.25, 0.3) is 0 Å². The van der Waals surface area contributed by atoms with Gasteiger partial charge in [0.2, 0.25) is 0 Å². The van der Waals surface area contributed by atoms with E-state index in [1.807, 2.05) is 0 Å². The quantitative estimate of drug-likeness (QED) is 0.485. The molecule has 0 bridgehead atoms. The van der Waals surface area contributed by atoms with Crippen molar-refractivity contribution >= 4 is 11.6 Å². The van der Waals surface area contributed by atoms with Gasteiger partial charge >= 0.3 is 0 Å². The number of amides is 1. The maximum Gasteiger partial charge on any atom is 0.273 e. The Bertz CT molecular complexity index is 568. The second-order valence-electron chi connectivity index (χ2n) is 5.96. The third-order valence-corrected chi connectivity index (χ3v) is 4.28. The Labute approximate surface area is 136 Å². The fraction of sp³-hybridized carbons (Fsp3) is 0.562. The predicted octanol–water partition coefficient (Wildman–Crippen LogP) is 1.27. The van der Waals surface area contributed by atoms with Crippen LogP contribution in [0.1, 0.15) is 22.3 Å². The van der Waals surface area contributed by atoms with Crippen LogP contribution in [0.4, 0.5) is 5.69 Å². The minimum Gasteiger partial charge on any atom is -0.352 e. The molecule has 126 valence electrons. The third-order valence-electron chi connectivity index (χ3n) is 4.28. The number of rotatable bonds is 6.